The van der Waals surface area contributed by atoms with E-state index < -0.39 is 0 Å². The van der Waals surface area contributed by atoms with Crippen molar-refractivity contribution < 1.29 is 14.0 Å². The number of carbonyl (C=O) groups excluding carboxylic acids is 2. The fraction of sp³-hybridized carbons (Fsp3) is 0.136. The maximum atomic E-state index is 12.4. The number of nitrogens with zero attached hydrogens (tertiary/aromatic N) is 2. The number of benzene rings is 2. The highest BCUT2D eigenvalue weighted by molar-refractivity contribution is 5.99. The molecule has 0 saturated heterocycles. The Bertz CT molecular complexity index is 1150. The van der Waals surface area contributed by atoms with Gasteiger partial charge in [0.2, 0.25) is 5.91 Å². The number of furan rings is 1. The Labute approximate surface area is 167 Å². The summed E-state index contributed by atoms with van der Waals surface area (Å²) in [6.07, 6.45) is 1.54. The number of nitrogens with one attached hydrogen (secondary N) is 2. The number of carbonyl (C=O) groups is 2. The molecule has 0 aliphatic carbocycles. The van der Waals surface area contributed by atoms with Gasteiger partial charge in [-0.25, -0.2) is 4.98 Å². The lowest BCUT2D eigenvalue weighted by molar-refractivity contribution is -0.120. The van der Waals surface area contributed by atoms with Crippen LogP contribution in [-0.4, -0.2) is 27.9 Å². The Morgan fingerprint density at radius 3 is 2.62 bits per heavy atom. The molecule has 4 rings (SSSR count). The van der Waals surface area contributed by atoms with Crippen LogP contribution in [-0.2, 0) is 11.3 Å². The number of amides is 2. The molecule has 0 aliphatic heterocycles. The monoisotopic (exact) mass is 388 g/mol. The van der Waals surface area contributed by atoms with Crippen LogP contribution in [0.5, 0.6) is 0 Å². The summed E-state index contributed by atoms with van der Waals surface area (Å²) in [6.45, 7) is 2.09. The first kappa shape index (κ1) is 18.5. The van der Waals surface area contributed by atoms with Gasteiger partial charge in [-0.05, 0) is 49.4 Å². The summed E-state index contributed by atoms with van der Waals surface area (Å²) in [5.74, 6) is 0.868. The third-order valence-corrected chi connectivity index (χ3v) is 4.55. The van der Waals surface area contributed by atoms with Crippen molar-refractivity contribution >= 4 is 22.8 Å². The van der Waals surface area contributed by atoms with Crippen molar-refractivity contribution in [2.24, 2.45) is 0 Å². The molecule has 0 radical (unpaired) electrons. The highest BCUT2D eigenvalue weighted by atomic mass is 16.3. The number of para-hydroxylation sites is 1. The Balaban J connectivity index is 1.44. The van der Waals surface area contributed by atoms with Gasteiger partial charge in [0.05, 0.1) is 30.4 Å². The van der Waals surface area contributed by atoms with E-state index in [2.05, 4.69) is 15.6 Å². The van der Waals surface area contributed by atoms with E-state index >= 15 is 0 Å². The zero-order valence-corrected chi connectivity index (χ0v) is 15.9. The molecule has 0 unspecified atom stereocenters. The molecule has 2 heterocycles. The lowest BCUT2D eigenvalue weighted by Crippen LogP contribution is -2.36. The van der Waals surface area contributed by atoms with Crippen LogP contribution >= 0.6 is 0 Å². The minimum Gasteiger partial charge on any atom is -0.467 e. The summed E-state index contributed by atoms with van der Waals surface area (Å²) < 4.78 is 7.19. The van der Waals surface area contributed by atoms with Crippen LogP contribution < -0.4 is 10.6 Å². The van der Waals surface area contributed by atoms with Crippen LogP contribution in [0.15, 0.2) is 71.3 Å². The largest absolute Gasteiger partial charge is 0.467 e. The van der Waals surface area contributed by atoms with Crippen LogP contribution in [0.4, 0.5) is 0 Å². The Morgan fingerprint density at radius 1 is 1.03 bits per heavy atom. The second kappa shape index (κ2) is 8.02. The molecule has 0 aliphatic rings. The standard InChI is InChI=1S/C22H20N4O3/c1-15-25-19-12-16(9-10-20(19)26(15)17-6-3-2-4-7-17)22(28)24-14-21(27)23-13-18-8-5-11-29-18/h2-12H,13-14H2,1H3,(H,23,27)(H,24,28). The molecular weight excluding hydrogens is 368 g/mol. The van der Waals surface area contributed by atoms with Gasteiger partial charge in [-0.15, -0.1) is 0 Å². The third kappa shape index (κ3) is 4.03. The normalized spacial score (nSPS) is 10.8. The summed E-state index contributed by atoms with van der Waals surface area (Å²) >= 11 is 0. The van der Waals surface area contributed by atoms with Gasteiger partial charge in [0.25, 0.3) is 5.91 Å². The molecule has 0 bridgehead atoms. The number of rotatable bonds is 6. The minimum atomic E-state index is -0.327. The summed E-state index contributed by atoms with van der Waals surface area (Å²) in [5, 5.41) is 5.32. The molecule has 146 valence electrons. The van der Waals surface area contributed by atoms with E-state index in [4.69, 9.17) is 4.42 Å². The lowest BCUT2D eigenvalue weighted by Gasteiger charge is -2.08. The predicted molar refractivity (Wildman–Crippen MR) is 109 cm³/mol. The van der Waals surface area contributed by atoms with Gasteiger partial charge < -0.3 is 15.1 Å². The second-order valence-corrected chi connectivity index (χ2v) is 6.57. The van der Waals surface area contributed by atoms with Crippen LogP contribution in [0.3, 0.4) is 0 Å². The van der Waals surface area contributed by atoms with Gasteiger partial charge in [-0.1, -0.05) is 18.2 Å². The molecule has 4 aromatic rings. The molecule has 0 fully saturated rings. The van der Waals surface area contributed by atoms with E-state index in [1.807, 2.05) is 47.9 Å². The van der Waals surface area contributed by atoms with Crippen molar-refractivity contribution in [2.75, 3.05) is 6.54 Å². The summed E-state index contributed by atoms with van der Waals surface area (Å²) in [5.41, 5.74) is 3.11. The van der Waals surface area contributed by atoms with Crippen LogP contribution in [0.25, 0.3) is 16.7 Å². The second-order valence-electron chi connectivity index (χ2n) is 6.57. The van der Waals surface area contributed by atoms with Crippen molar-refractivity contribution in [3.05, 3.63) is 84.1 Å². The number of aromatic nitrogens is 2. The van der Waals surface area contributed by atoms with Crippen molar-refractivity contribution in [1.29, 1.82) is 0 Å². The number of fused-ring (bicyclic) bond motifs is 1. The Kier molecular flexibility index (Phi) is 5.11. The van der Waals surface area contributed by atoms with Gasteiger partial charge in [0.1, 0.15) is 11.6 Å². The molecule has 29 heavy (non-hydrogen) atoms. The van der Waals surface area contributed by atoms with Gasteiger partial charge >= 0.3 is 0 Å². The fourth-order valence-electron chi connectivity index (χ4n) is 3.17. The molecule has 0 saturated carbocycles. The van der Waals surface area contributed by atoms with Crippen molar-refractivity contribution in [1.82, 2.24) is 20.2 Å². The maximum Gasteiger partial charge on any atom is 0.251 e. The average molecular weight is 388 g/mol. The smallest absolute Gasteiger partial charge is 0.251 e. The number of aryl methyl sites for hydroxylation is 1. The zero-order chi connectivity index (χ0) is 20.2. The van der Waals surface area contributed by atoms with E-state index in [1.54, 1.807) is 30.5 Å². The molecule has 7 heteroatoms. The lowest BCUT2D eigenvalue weighted by atomic mass is 10.2. The van der Waals surface area contributed by atoms with Crippen LogP contribution in [0.1, 0.15) is 21.9 Å². The maximum absolute atomic E-state index is 12.4. The predicted octanol–water partition coefficient (Wildman–Crippen LogP) is 2.97. The number of imidazole rings is 1. The summed E-state index contributed by atoms with van der Waals surface area (Å²) in [7, 11) is 0. The topological polar surface area (TPSA) is 89.2 Å². The minimum absolute atomic E-state index is 0.116. The SMILES string of the molecule is Cc1nc2cc(C(=O)NCC(=O)NCc3ccco3)ccc2n1-c1ccccc1. The average Bonchev–Trinajstić information content (AvgIpc) is 3.37. The van der Waals surface area contributed by atoms with Crippen LogP contribution in [0, 0.1) is 6.92 Å². The van der Waals surface area contributed by atoms with Gasteiger partial charge in [-0.3, -0.25) is 14.2 Å². The van der Waals surface area contributed by atoms with E-state index in [0.717, 1.165) is 22.5 Å². The number of hydrogen-bond acceptors (Lipinski definition) is 4. The van der Waals surface area contributed by atoms with Gasteiger partial charge in [-0.2, -0.15) is 0 Å². The first-order valence-corrected chi connectivity index (χ1v) is 9.23. The fourth-order valence-corrected chi connectivity index (χ4v) is 3.17. The van der Waals surface area contributed by atoms with E-state index in [1.165, 1.54) is 0 Å². The van der Waals surface area contributed by atoms with Crippen molar-refractivity contribution in [3.8, 4) is 5.69 Å². The van der Waals surface area contributed by atoms with E-state index in [9.17, 15) is 9.59 Å². The van der Waals surface area contributed by atoms with E-state index in [0.29, 0.717) is 11.3 Å². The number of hydrogen-bond donors (Lipinski definition) is 2. The van der Waals surface area contributed by atoms with Gasteiger partial charge in [0, 0.05) is 11.3 Å². The van der Waals surface area contributed by atoms with Gasteiger partial charge in [0.15, 0.2) is 0 Å². The summed E-state index contributed by atoms with van der Waals surface area (Å²) in [4.78, 5) is 28.9. The van der Waals surface area contributed by atoms with Crippen molar-refractivity contribution in [3.63, 3.8) is 0 Å². The molecule has 0 spiro atoms. The third-order valence-electron chi connectivity index (χ3n) is 4.55. The highest BCUT2D eigenvalue weighted by Gasteiger charge is 2.13. The Hall–Kier alpha value is -3.87. The molecule has 2 aromatic heterocycles. The quantitative estimate of drug-likeness (QED) is 0.531. The Morgan fingerprint density at radius 2 is 1.86 bits per heavy atom. The molecule has 7 nitrogen and oxygen atoms in total. The molecule has 2 amide bonds. The van der Waals surface area contributed by atoms with Crippen LogP contribution in [0.2, 0.25) is 0 Å². The molecule has 2 aromatic carbocycles. The highest BCUT2D eigenvalue weighted by Crippen LogP contribution is 2.22. The molecular formula is C22H20N4O3. The molecule has 2 N–H and O–H groups in total. The van der Waals surface area contributed by atoms with Crippen molar-refractivity contribution in [2.45, 2.75) is 13.5 Å². The zero-order valence-electron chi connectivity index (χ0n) is 15.9. The first-order chi connectivity index (χ1) is 14.1. The first-order valence-electron chi connectivity index (χ1n) is 9.23. The summed E-state index contributed by atoms with van der Waals surface area (Å²) in [6, 6.07) is 18.8. The van der Waals surface area contributed by atoms with E-state index in [-0.39, 0.29) is 24.9 Å². The molecule has 0 atom stereocenters.